The maximum atomic E-state index is 12.0. The van der Waals surface area contributed by atoms with Crippen LogP contribution in [0, 0.1) is 0 Å². The molecular weight excluding hydrogens is 335 g/mol. The third-order valence-electron chi connectivity index (χ3n) is 2.91. The lowest BCUT2D eigenvalue weighted by atomic mass is 10.2. The van der Waals surface area contributed by atoms with Crippen LogP contribution in [-0.4, -0.2) is 29.0 Å². The van der Waals surface area contributed by atoms with Crippen molar-refractivity contribution in [2.75, 3.05) is 6.73 Å². The van der Waals surface area contributed by atoms with Crippen LogP contribution in [0.5, 0.6) is 0 Å². The van der Waals surface area contributed by atoms with E-state index in [4.69, 9.17) is 27.9 Å². The summed E-state index contributed by atoms with van der Waals surface area (Å²) in [6, 6.07) is 4.51. The molecular formula is C13H14Cl2N2O3S. The number of halogens is 2. The summed E-state index contributed by atoms with van der Waals surface area (Å²) < 4.78 is 9.46. The first-order chi connectivity index (χ1) is 10.0. The average Bonchev–Trinajstić information content (AvgIpc) is 2.78. The van der Waals surface area contributed by atoms with Crippen LogP contribution in [0.2, 0.25) is 10.0 Å². The van der Waals surface area contributed by atoms with E-state index in [9.17, 15) is 9.59 Å². The summed E-state index contributed by atoms with van der Waals surface area (Å²) in [5, 5.41) is 0.435. The predicted molar refractivity (Wildman–Crippen MR) is 83.0 cm³/mol. The number of nitrogens with zero attached hydrogens (tertiary/aromatic N) is 1. The minimum atomic E-state index is -0.655. The van der Waals surface area contributed by atoms with Gasteiger partial charge in [-0.2, -0.15) is 0 Å². The molecule has 0 radical (unpaired) electrons. The number of esters is 1. The maximum absolute atomic E-state index is 12.0. The minimum Gasteiger partial charge on any atom is -0.440 e. The number of nitrogens with one attached hydrogen (secondary N) is 1. The van der Waals surface area contributed by atoms with E-state index in [-0.39, 0.29) is 34.3 Å². The molecule has 1 atom stereocenters. The third-order valence-corrected chi connectivity index (χ3v) is 4.43. The molecule has 1 fully saturated rings. The van der Waals surface area contributed by atoms with E-state index in [0.717, 1.165) is 25.0 Å². The Balaban J connectivity index is 1.95. The Morgan fingerprint density at radius 3 is 2.71 bits per heavy atom. The highest BCUT2D eigenvalue weighted by atomic mass is 35.5. The number of carbonyl (C=O) groups excluding carboxylic acids is 2. The van der Waals surface area contributed by atoms with Crippen LogP contribution in [0.15, 0.2) is 18.2 Å². The molecule has 1 aromatic carbocycles. The van der Waals surface area contributed by atoms with E-state index in [1.807, 2.05) is 6.92 Å². The molecule has 1 heterocycles. The molecule has 8 heteroatoms. The summed E-state index contributed by atoms with van der Waals surface area (Å²) in [5.41, 5.74) is 0.107. The van der Waals surface area contributed by atoms with Gasteiger partial charge in [0.05, 0.1) is 21.7 Å². The average molecular weight is 349 g/mol. The Kier molecular flexibility index (Phi) is 5.75. The van der Waals surface area contributed by atoms with Gasteiger partial charge in [0.1, 0.15) is 0 Å². The summed E-state index contributed by atoms with van der Waals surface area (Å²) >= 11 is 13.0. The zero-order chi connectivity index (χ0) is 15.4. The number of carbonyl (C=O) groups is 2. The Morgan fingerprint density at radius 1 is 1.43 bits per heavy atom. The van der Waals surface area contributed by atoms with Gasteiger partial charge >= 0.3 is 5.97 Å². The molecule has 21 heavy (non-hydrogen) atoms. The van der Waals surface area contributed by atoms with Gasteiger partial charge in [0, 0.05) is 12.1 Å². The molecule has 1 aliphatic rings. The zero-order valence-corrected chi connectivity index (χ0v) is 13.6. The molecule has 1 saturated heterocycles. The molecule has 1 aromatic rings. The number of amides is 1. The summed E-state index contributed by atoms with van der Waals surface area (Å²) in [4.78, 5) is 24.0. The van der Waals surface area contributed by atoms with Crippen LogP contribution in [0.1, 0.15) is 30.1 Å². The van der Waals surface area contributed by atoms with Crippen LogP contribution >= 0.6 is 35.3 Å². The van der Waals surface area contributed by atoms with Crippen molar-refractivity contribution in [2.45, 2.75) is 25.8 Å². The lowest BCUT2D eigenvalue weighted by molar-refractivity contribution is -0.128. The fraction of sp³-hybridized carbons (Fsp3) is 0.385. The Morgan fingerprint density at radius 2 is 2.10 bits per heavy atom. The van der Waals surface area contributed by atoms with Crippen molar-refractivity contribution < 1.29 is 14.3 Å². The smallest absolute Gasteiger partial charge is 0.342 e. The highest BCUT2D eigenvalue weighted by Gasteiger charge is 2.32. The second kappa shape index (κ2) is 7.35. The SMILES string of the molecule is CCCC1NSN(COC(=O)c2c(Cl)cccc2Cl)C1=O. The van der Waals surface area contributed by atoms with Gasteiger partial charge in [-0.1, -0.05) is 42.6 Å². The zero-order valence-electron chi connectivity index (χ0n) is 11.3. The third kappa shape index (κ3) is 3.83. The Labute approximate surface area is 137 Å². The molecule has 0 spiro atoms. The quantitative estimate of drug-likeness (QED) is 0.653. The van der Waals surface area contributed by atoms with Crippen LogP contribution < -0.4 is 4.72 Å². The van der Waals surface area contributed by atoms with Gasteiger partial charge in [-0.25, -0.2) is 13.8 Å². The highest BCUT2D eigenvalue weighted by molar-refractivity contribution is 7.96. The molecule has 1 aliphatic heterocycles. The van der Waals surface area contributed by atoms with Crippen molar-refractivity contribution in [1.82, 2.24) is 9.03 Å². The monoisotopic (exact) mass is 348 g/mol. The first-order valence-corrected chi connectivity index (χ1v) is 7.92. The van der Waals surface area contributed by atoms with Crippen molar-refractivity contribution in [3.63, 3.8) is 0 Å². The molecule has 1 amide bonds. The van der Waals surface area contributed by atoms with Crippen LogP contribution in [0.25, 0.3) is 0 Å². The summed E-state index contributed by atoms with van der Waals surface area (Å²) in [6.07, 6.45) is 1.64. The second-order valence-corrected chi connectivity index (χ2v) is 6.10. The number of ether oxygens (including phenoxy) is 1. The topological polar surface area (TPSA) is 58.6 Å². The predicted octanol–water partition coefficient (Wildman–Crippen LogP) is 3.27. The van der Waals surface area contributed by atoms with Crippen LogP contribution in [0.3, 0.4) is 0 Å². The fourth-order valence-corrected chi connectivity index (χ4v) is 3.19. The normalized spacial score (nSPS) is 18.1. The van der Waals surface area contributed by atoms with Crippen LogP contribution in [0.4, 0.5) is 0 Å². The van der Waals surface area contributed by atoms with Gasteiger partial charge in [0.2, 0.25) is 0 Å². The second-order valence-electron chi connectivity index (χ2n) is 4.42. The minimum absolute atomic E-state index is 0.0973. The van der Waals surface area contributed by atoms with E-state index in [1.165, 1.54) is 4.31 Å². The fourth-order valence-electron chi connectivity index (χ4n) is 1.84. The summed E-state index contributed by atoms with van der Waals surface area (Å²) in [6.45, 7) is 1.85. The van der Waals surface area contributed by atoms with Gasteiger partial charge in [-0.3, -0.25) is 4.79 Å². The van der Waals surface area contributed by atoms with E-state index in [1.54, 1.807) is 18.2 Å². The molecule has 1 unspecified atom stereocenters. The number of hydrogen-bond acceptors (Lipinski definition) is 5. The molecule has 2 rings (SSSR count). The standard InChI is InChI=1S/C13H14Cl2N2O3S/c1-2-4-10-12(18)17(21-16-10)7-20-13(19)11-8(14)5-3-6-9(11)15/h3,5-6,10,16H,2,4,7H2,1H3. The van der Waals surface area contributed by atoms with Gasteiger partial charge in [0.15, 0.2) is 6.73 Å². The molecule has 0 saturated carbocycles. The van der Waals surface area contributed by atoms with E-state index in [0.29, 0.717) is 0 Å². The lowest BCUT2D eigenvalue weighted by Gasteiger charge is -2.14. The van der Waals surface area contributed by atoms with Gasteiger partial charge < -0.3 is 4.74 Å². The Hall–Kier alpha value is -0.950. The molecule has 1 N–H and O–H groups in total. The van der Waals surface area contributed by atoms with Gasteiger partial charge in [-0.05, 0) is 18.6 Å². The number of benzene rings is 1. The largest absolute Gasteiger partial charge is 0.440 e. The van der Waals surface area contributed by atoms with E-state index < -0.39 is 5.97 Å². The van der Waals surface area contributed by atoms with Crippen molar-refractivity contribution >= 4 is 47.2 Å². The van der Waals surface area contributed by atoms with E-state index in [2.05, 4.69) is 4.72 Å². The van der Waals surface area contributed by atoms with Crippen LogP contribution in [-0.2, 0) is 9.53 Å². The van der Waals surface area contributed by atoms with Crippen molar-refractivity contribution in [1.29, 1.82) is 0 Å². The van der Waals surface area contributed by atoms with Gasteiger partial charge in [0.25, 0.3) is 5.91 Å². The maximum Gasteiger partial charge on any atom is 0.342 e. The molecule has 0 bridgehead atoms. The van der Waals surface area contributed by atoms with Gasteiger partial charge in [-0.15, -0.1) is 0 Å². The molecule has 114 valence electrons. The molecule has 0 aromatic heterocycles. The summed E-state index contributed by atoms with van der Waals surface area (Å²) in [5.74, 6) is -0.752. The van der Waals surface area contributed by atoms with Crippen molar-refractivity contribution in [3.8, 4) is 0 Å². The number of hydrogen-bond donors (Lipinski definition) is 1. The first-order valence-electron chi connectivity index (χ1n) is 6.39. The molecule has 0 aliphatic carbocycles. The first kappa shape index (κ1) is 16.4. The molecule has 5 nitrogen and oxygen atoms in total. The lowest BCUT2D eigenvalue weighted by Crippen LogP contribution is -2.31. The summed E-state index contributed by atoms with van der Waals surface area (Å²) in [7, 11) is 0. The van der Waals surface area contributed by atoms with E-state index >= 15 is 0 Å². The number of rotatable bonds is 5. The van der Waals surface area contributed by atoms with Crippen molar-refractivity contribution in [3.05, 3.63) is 33.8 Å². The highest BCUT2D eigenvalue weighted by Crippen LogP contribution is 2.26. The van der Waals surface area contributed by atoms with Crippen molar-refractivity contribution in [2.24, 2.45) is 0 Å². The Bertz CT molecular complexity index is 536.